The van der Waals surface area contributed by atoms with Crippen molar-refractivity contribution < 1.29 is 4.79 Å². The normalized spacial score (nSPS) is 16.5. The van der Waals surface area contributed by atoms with E-state index >= 15 is 0 Å². The van der Waals surface area contributed by atoms with Crippen LogP contribution in [0.4, 0.5) is 39.7 Å². The van der Waals surface area contributed by atoms with Crippen LogP contribution in [0.3, 0.4) is 0 Å². The predicted molar refractivity (Wildman–Crippen MR) is 257 cm³/mol. The Morgan fingerprint density at radius 2 is 1.35 bits per heavy atom. The van der Waals surface area contributed by atoms with Crippen molar-refractivity contribution in [3.63, 3.8) is 0 Å². The van der Waals surface area contributed by atoms with Gasteiger partial charge in [0.05, 0.1) is 40.2 Å². The molecule has 4 aliphatic rings. The lowest BCUT2D eigenvalue weighted by Gasteiger charge is -2.35. The van der Waals surface area contributed by atoms with Crippen LogP contribution in [0.2, 0.25) is 0 Å². The number of carbonyl (C=O) groups is 1. The van der Waals surface area contributed by atoms with E-state index in [2.05, 4.69) is 74.8 Å². The molecule has 0 saturated carbocycles. The molecule has 62 heavy (non-hydrogen) atoms. The Labute approximate surface area is 379 Å². The number of nitrogens with zero attached hydrogens (tertiary/aromatic N) is 13. The summed E-state index contributed by atoms with van der Waals surface area (Å²) in [6.07, 6.45) is 5.73. The number of anilines is 6. The standard InChI is InChI=1S/C21H20N8OS.C15H16N4.C5H6N4S.2H2S/c1-12-9-14(5-7-22-12)16-3-4-17-18(23-16)28(15-6-8-27(17)10-15)20(30)24-19-25-21-29(26-19)13(2)11-31-21;1-10-8-11(4-6-16-10)13-2-3-14-15(18-13)17-12-5-7-19(14)9-12;1-3-2-10-5-7-4(6)8-9(3)5;;/h3-5,7,9,11,15H,6,8,10H2,1-2H3,(H,24,26,30);2-4,6,8,12H,5,7,9H2,1H3,(H,17,18);2H,1H3,(H2,6,8);2*1H2/t15-;12-;;;/m00.../s1. The van der Waals surface area contributed by atoms with Crippen molar-refractivity contribution in [2.75, 3.05) is 57.2 Å². The lowest BCUT2D eigenvalue weighted by Crippen LogP contribution is -2.48. The first kappa shape index (κ1) is 42.7. The van der Waals surface area contributed by atoms with Crippen LogP contribution < -0.4 is 31.1 Å². The number of nitrogens with one attached hydrogen (secondary N) is 2. The van der Waals surface area contributed by atoms with Crippen LogP contribution >= 0.6 is 49.7 Å². The number of carbonyl (C=O) groups excluding carboxylic acids is 1. The van der Waals surface area contributed by atoms with Crippen LogP contribution in [0, 0.1) is 27.7 Å². The number of amides is 2. The topological polar surface area (TPSA) is 189 Å². The maximum atomic E-state index is 13.4. The maximum Gasteiger partial charge on any atom is 0.330 e. The summed E-state index contributed by atoms with van der Waals surface area (Å²) in [6.45, 7) is 11.9. The Balaban J connectivity index is 0.000000144. The molecule has 8 aromatic rings. The molecule has 0 radical (unpaired) electrons. The number of rotatable bonds is 3. The predicted octanol–water partition coefficient (Wildman–Crippen LogP) is 6.86. The Morgan fingerprint density at radius 1 is 0.742 bits per heavy atom. The minimum absolute atomic E-state index is 0. The van der Waals surface area contributed by atoms with Gasteiger partial charge in [0.2, 0.25) is 15.9 Å². The molecule has 12 rings (SSSR count). The van der Waals surface area contributed by atoms with E-state index in [0.717, 1.165) is 99.3 Å². The summed E-state index contributed by atoms with van der Waals surface area (Å²) in [5, 5.41) is 18.8. The van der Waals surface area contributed by atoms with Gasteiger partial charge in [0.15, 0.2) is 11.6 Å². The molecule has 2 atom stereocenters. The van der Waals surface area contributed by atoms with Crippen LogP contribution in [-0.4, -0.2) is 93.4 Å². The van der Waals surface area contributed by atoms with Crippen LogP contribution in [0.5, 0.6) is 0 Å². The third-order valence-corrected chi connectivity index (χ3v) is 12.9. The fourth-order valence-corrected chi connectivity index (χ4v) is 9.72. The lowest BCUT2D eigenvalue weighted by molar-refractivity contribution is 0.254. The minimum Gasteiger partial charge on any atom is -0.366 e. The third-order valence-electron chi connectivity index (χ3n) is 11.0. The number of urea groups is 1. The van der Waals surface area contributed by atoms with Gasteiger partial charge in [-0.3, -0.25) is 20.2 Å². The highest BCUT2D eigenvalue weighted by molar-refractivity contribution is 7.59. The fourth-order valence-electron chi connectivity index (χ4n) is 8.11. The average Bonchev–Trinajstić information content (AvgIpc) is 4.11. The quantitative estimate of drug-likeness (QED) is 0.167. The summed E-state index contributed by atoms with van der Waals surface area (Å²) in [5.41, 5.74) is 15.5. The van der Waals surface area contributed by atoms with Crippen LogP contribution in [0.25, 0.3) is 32.4 Å². The molecule has 0 unspecified atom stereocenters. The maximum absolute atomic E-state index is 13.4. The molecular formula is C41H46N16OS4. The molecule has 320 valence electrons. The first-order valence-corrected chi connectivity index (χ1v) is 21.5. The van der Waals surface area contributed by atoms with E-state index in [1.54, 1.807) is 31.5 Å². The van der Waals surface area contributed by atoms with E-state index in [-0.39, 0.29) is 39.1 Å². The molecule has 0 aromatic carbocycles. The number of hydrogen-bond acceptors (Lipinski definition) is 15. The Morgan fingerprint density at radius 3 is 2.02 bits per heavy atom. The number of aromatic nitrogens is 10. The van der Waals surface area contributed by atoms with Crippen molar-refractivity contribution in [3.8, 4) is 22.5 Å². The van der Waals surface area contributed by atoms with Gasteiger partial charge in [0.1, 0.15) is 0 Å². The number of hydrogen-bond donors (Lipinski definition) is 3. The molecule has 4 N–H and O–H groups in total. The summed E-state index contributed by atoms with van der Waals surface area (Å²) >= 11 is 3.04. The summed E-state index contributed by atoms with van der Waals surface area (Å²) in [5.74, 6) is 2.36. The first-order chi connectivity index (χ1) is 29.1. The number of pyridine rings is 4. The smallest absolute Gasteiger partial charge is 0.330 e. The van der Waals surface area contributed by atoms with Gasteiger partial charge in [-0.2, -0.15) is 37.0 Å². The highest BCUT2D eigenvalue weighted by Crippen LogP contribution is 2.41. The van der Waals surface area contributed by atoms with Crippen LogP contribution in [-0.2, 0) is 0 Å². The number of nitrogens with two attached hydrogens (primary N) is 1. The van der Waals surface area contributed by atoms with Gasteiger partial charge in [0, 0.05) is 77.9 Å². The Bertz CT molecular complexity index is 2910. The molecular weight excluding hydrogens is 861 g/mol. The fraction of sp³-hybridized carbons (Fsp3) is 0.293. The molecule has 2 saturated heterocycles. The van der Waals surface area contributed by atoms with Crippen molar-refractivity contribution in [1.29, 1.82) is 0 Å². The lowest BCUT2D eigenvalue weighted by atomic mass is 10.1. The highest BCUT2D eigenvalue weighted by atomic mass is 32.1. The number of nitrogen functional groups attached to an aromatic ring is 1. The van der Waals surface area contributed by atoms with E-state index in [1.165, 1.54) is 23.4 Å². The van der Waals surface area contributed by atoms with Crippen molar-refractivity contribution in [2.24, 2.45) is 0 Å². The van der Waals surface area contributed by atoms with E-state index < -0.39 is 0 Å². The molecule has 17 nitrogen and oxygen atoms in total. The minimum atomic E-state index is -0.251. The zero-order valence-corrected chi connectivity index (χ0v) is 38.1. The Hall–Kier alpha value is -6.03. The van der Waals surface area contributed by atoms with Gasteiger partial charge >= 0.3 is 6.03 Å². The SMILES string of the molecule is Cc1cc(-c2ccc3c(n2)N(C(=O)Nc2nc4scc(C)n4n2)[C@H]2CCN3C2)ccn1.Cc1cc(-c2ccc3c(n2)N[C@H]2CCN3C2)ccn1.Cc1csc2nc(N)nn12.S.S. The van der Waals surface area contributed by atoms with Crippen LogP contribution in [0.15, 0.2) is 71.7 Å². The summed E-state index contributed by atoms with van der Waals surface area (Å²) in [7, 11) is 0. The van der Waals surface area contributed by atoms with Gasteiger partial charge < -0.3 is 20.9 Å². The molecule has 2 fully saturated rings. The van der Waals surface area contributed by atoms with Crippen LogP contribution in [0.1, 0.15) is 35.6 Å². The molecule has 4 aliphatic heterocycles. The summed E-state index contributed by atoms with van der Waals surface area (Å²) in [6, 6.07) is 16.8. The van der Waals surface area contributed by atoms with Gasteiger partial charge in [-0.25, -0.2) is 23.8 Å². The van der Waals surface area contributed by atoms with Crippen molar-refractivity contribution in [2.45, 2.75) is 52.6 Å². The number of aryl methyl sites for hydroxylation is 4. The zero-order chi connectivity index (χ0) is 41.1. The average molecular weight is 907 g/mol. The van der Waals surface area contributed by atoms with Gasteiger partial charge in [-0.05, 0) is 89.1 Å². The second-order valence-corrected chi connectivity index (χ2v) is 17.0. The molecule has 21 heteroatoms. The monoisotopic (exact) mass is 906 g/mol. The molecule has 2 amide bonds. The van der Waals surface area contributed by atoms with Crippen molar-refractivity contribution in [3.05, 3.63) is 94.5 Å². The van der Waals surface area contributed by atoms with E-state index in [0.29, 0.717) is 23.8 Å². The second-order valence-electron chi connectivity index (χ2n) is 15.3. The summed E-state index contributed by atoms with van der Waals surface area (Å²) in [4.78, 5) is 48.1. The zero-order valence-electron chi connectivity index (χ0n) is 34.4. The molecule has 12 heterocycles. The second kappa shape index (κ2) is 17.4. The highest BCUT2D eigenvalue weighted by Gasteiger charge is 2.40. The van der Waals surface area contributed by atoms with Crippen molar-refractivity contribution >= 4 is 101 Å². The number of fused-ring (bicyclic) bond motifs is 10. The van der Waals surface area contributed by atoms with E-state index in [9.17, 15) is 4.79 Å². The summed E-state index contributed by atoms with van der Waals surface area (Å²) < 4.78 is 3.48. The Kier molecular flexibility index (Phi) is 12.0. The first-order valence-electron chi connectivity index (χ1n) is 19.8. The van der Waals surface area contributed by atoms with E-state index in [1.807, 2.05) is 68.9 Å². The van der Waals surface area contributed by atoms with Crippen molar-refractivity contribution in [1.82, 2.24) is 49.1 Å². The molecule has 8 aromatic heterocycles. The van der Waals surface area contributed by atoms with Gasteiger partial charge in [-0.1, -0.05) is 0 Å². The largest absolute Gasteiger partial charge is 0.366 e. The molecule has 0 spiro atoms. The third kappa shape index (κ3) is 8.19. The molecule has 4 bridgehead atoms. The van der Waals surface area contributed by atoms with E-state index in [4.69, 9.17) is 15.7 Å². The molecule has 0 aliphatic carbocycles. The van der Waals surface area contributed by atoms with Gasteiger partial charge in [0.25, 0.3) is 5.95 Å². The van der Waals surface area contributed by atoms with Gasteiger partial charge in [-0.15, -0.1) is 32.9 Å². The number of thiazole rings is 2.